The number of aliphatic hydroxyl groups is 1. The van der Waals surface area contributed by atoms with E-state index in [4.69, 9.17) is 14.6 Å². The van der Waals surface area contributed by atoms with E-state index in [1.54, 1.807) is 18.2 Å². The van der Waals surface area contributed by atoms with E-state index in [1.807, 2.05) is 0 Å². The lowest BCUT2D eigenvalue weighted by Crippen LogP contribution is -2.33. The molecule has 0 saturated carbocycles. The Morgan fingerprint density at radius 3 is 2.20 bits per heavy atom. The minimum Gasteiger partial charge on any atom is -0.497 e. The van der Waals surface area contributed by atoms with Gasteiger partial charge in [0.25, 0.3) is 0 Å². The fraction of sp³-hybridized carbons (Fsp3) is 0.500. The molecule has 0 bridgehead atoms. The van der Waals surface area contributed by atoms with Crippen LogP contribution >= 0.6 is 0 Å². The van der Waals surface area contributed by atoms with E-state index >= 15 is 0 Å². The van der Waals surface area contributed by atoms with E-state index in [1.165, 1.54) is 21.3 Å². The number of rotatable bonds is 8. The number of nitrogens with one attached hydrogen (secondary N) is 1. The first kappa shape index (κ1) is 16.5. The average Bonchev–Trinajstić information content (AvgIpc) is 2.43. The molecule has 0 aliphatic carbocycles. The van der Waals surface area contributed by atoms with Gasteiger partial charge in [0.2, 0.25) is 0 Å². The van der Waals surface area contributed by atoms with Crippen molar-refractivity contribution in [3.05, 3.63) is 18.2 Å². The van der Waals surface area contributed by atoms with E-state index in [0.29, 0.717) is 23.6 Å². The Bertz CT molecular complexity index is 510. The zero-order chi connectivity index (χ0) is 15.2. The van der Waals surface area contributed by atoms with Gasteiger partial charge in [-0.15, -0.1) is 0 Å². The zero-order valence-corrected chi connectivity index (χ0v) is 12.6. The molecule has 0 amide bonds. The summed E-state index contributed by atoms with van der Waals surface area (Å²) in [4.78, 5) is 0. The summed E-state index contributed by atoms with van der Waals surface area (Å²) in [7, 11) is 0.739. The van der Waals surface area contributed by atoms with Crippen LogP contribution in [-0.4, -0.2) is 52.2 Å². The number of ether oxygens (including phenoxy) is 2. The van der Waals surface area contributed by atoms with Crippen molar-refractivity contribution < 1.29 is 23.0 Å². The fourth-order valence-electron chi connectivity index (χ4n) is 1.51. The van der Waals surface area contributed by atoms with Gasteiger partial charge in [-0.05, 0) is 6.42 Å². The molecule has 114 valence electrons. The highest BCUT2D eigenvalue weighted by atomic mass is 32.2. The molecule has 7 nitrogen and oxygen atoms in total. The van der Waals surface area contributed by atoms with Gasteiger partial charge in [0, 0.05) is 38.4 Å². The quantitative estimate of drug-likeness (QED) is 0.737. The third kappa shape index (κ3) is 4.55. The number of hydrogen-bond donors (Lipinski definition) is 2. The molecular weight excluding hydrogens is 284 g/mol. The van der Waals surface area contributed by atoms with Crippen LogP contribution in [0.25, 0.3) is 0 Å². The largest absolute Gasteiger partial charge is 0.497 e. The van der Waals surface area contributed by atoms with Crippen LogP contribution in [0.5, 0.6) is 11.5 Å². The van der Waals surface area contributed by atoms with E-state index < -0.39 is 10.2 Å². The van der Waals surface area contributed by atoms with Crippen molar-refractivity contribution >= 4 is 15.9 Å². The standard InChI is InChI=1S/C12H20N2O5S/c1-14(5-4-6-15)20(16,17)13-10-7-11(18-2)9-12(8-10)19-3/h7-9,13,15H,4-6H2,1-3H3. The Morgan fingerprint density at radius 2 is 1.75 bits per heavy atom. The van der Waals surface area contributed by atoms with Crippen LogP contribution in [-0.2, 0) is 10.2 Å². The predicted octanol–water partition coefficient (Wildman–Crippen LogP) is 0.675. The van der Waals surface area contributed by atoms with Crippen LogP contribution in [0.3, 0.4) is 0 Å². The second kappa shape index (κ2) is 7.32. The Balaban J connectivity index is 2.91. The highest BCUT2D eigenvalue weighted by molar-refractivity contribution is 7.90. The monoisotopic (exact) mass is 304 g/mol. The summed E-state index contributed by atoms with van der Waals surface area (Å²) >= 11 is 0. The minimum absolute atomic E-state index is 0.0627. The molecule has 20 heavy (non-hydrogen) atoms. The zero-order valence-electron chi connectivity index (χ0n) is 11.8. The van der Waals surface area contributed by atoms with Gasteiger partial charge >= 0.3 is 10.2 Å². The molecule has 1 rings (SSSR count). The second-order valence-electron chi connectivity index (χ2n) is 4.11. The molecule has 0 aliphatic heterocycles. The van der Waals surface area contributed by atoms with Crippen molar-refractivity contribution in [1.82, 2.24) is 4.31 Å². The molecule has 0 radical (unpaired) electrons. The number of methoxy groups -OCH3 is 2. The van der Waals surface area contributed by atoms with Crippen LogP contribution in [0, 0.1) is 0 Å². The number of benzene rings is 1. The topological polar surface area (TPSA) is 88.1 Å². The van der Waals surface area contributed by atoms with Crippen molar-refractivity contribution in [3.8, 4) is 11.5 Å². The van der Waals surface area contributed by atoms with Gasteiger partial charge in [0.15, 0.2) is 0 Å². The number of hydrogen-bond acceptors (Lipinski definition) is 5. The Labute approximate surface area is 119 Å². The summed E-state index contributed by atoms with van der Waals surface area (Å²) < 4.78 is 37.8. The SMILES string of the molecule is COc1cc(NS(=O)(=O)N(C)CCCO)cc(OC)c1. The lowest BCUT2D eigenvalue weighted by atomic mass is 10.3. The molecule has 0 unspecified atom stereocenters. The van der Waals surface area contributed by atoms with Crippen molar-refractivity contribution in [1.29, 1.82) is 0 Å². The van der Waals surface area contributed by atoms with Gasteiger partial charge in [-0.2, -0.15) is 12.7 Å². The van der Waals surface area contributed by atoms with E-state index in [2.05, 4.69) is 4.72 Å². The first-order chi connectivity index (χ1) is 9.42. The summed E-state index contributed by atoms with van der Waals surface area (Å²) in [5, 5.41) is 8.73. The van der Waals surface area contributed by atoms with Gasteiger partial charge in [-0.1, -0.05) is 0 Å². The van der Waals surface area contributed by atoms with Gasteiger partial charge in [-0.3, -0.25) is 4.72 Å². The molecule has 0 atom stereocenters. The second-order valence-corrected chi connectivity index (χ2v) is 5.88. The maximum absolute atomic E-state index is 12.1. The molecular formula is C12H20N2O5S. The van der Waals surface area contributed by atoms with Gasteiger partial charge in [0.05, 0.1) is 19.9 Å². The van der Waals surface area contributed by atoms with E-state index in [0.717, 1.165) is 4.31 Å². The van der Waals surface area contributed by atoms with E-state index in [9.17, 15) is 8.42 Å². The normalized spacial score (nSPS) is 11.4. The average molecular weight is 304 g/mol. The van der Waals surface area contributed by atoms with Crippen LogP contribution in [0.15, 0.2) is 18.2 Å². The smallest absolute Gasteiger partial charge is 0.301 e. The van der Waals surface area contributed by atoms with Gasteiger partial charge in [-0.25, -0.2) is 0 Å². The maximum Gasteiger partial charge on any atom is 0.301 e. The van der Waals surface area contributed by atoms with Gasteiger partial charge < -0.3 is 14.6 Å². The Kier molecular flexibility index (Phi) is 6.05. The third-order valence-electron chi connectivity index (χ3n) is 2.64. The Morgan fingerprint density at radius 1 is 1.20 bits per heavy atom. The highest BCUT2D eigenvalue weighted by Crippen LogP contribution is 2.26. The van der Waals surface area contributed by atoms with E-state index in [-0.39, 0.29) is 13.2 Å². The molecule has 0 saturated heterocycles. The van der Waals surface area contributed by atoms with Crippen molar-refractivity contribution in [3.63, 3.8) is 0 Å². The lowest BCUT2D eigenvalue weighted by Gasteiger charge is -2.18. The molecule has 1 aromatic carbocycles. The predicted molar refractivity (Wildman–Crippen MR) is 76.4 cm³/mol. The molecule has 0 heterocycles. The minimum atomic E-state index is -3.67. The molecule has 8 heteroatoms. The van der Waals surface area contributed by atoms with Crippen molar-refractivity contribution in [2.45, 2.75) is 6.42 Å². The maximum atomic E-state index is 12.1. The van der Waals surface area contributed by atoms with Crippen LogP contribution < -0.4 is 14.2 Å². The summed E-state index contributed by atoms with van der Waals surface area (Å²) in [5.74, 6) is 0.972. The van der Waals surface area contributed by atoms with Crippen LogP contribution in [0.4, 0.5) is 5.69 Å². The first-order valence-electron chi connectivity index (χ1n) is 6.01. The van der Waals surface area contributed by atoms with Crippen LogP contribution in [0.2, 0.25) is 0 Å². The number of aliphatic hydroxyl groups excluding tert-OH is 1. The molecule has 0 aliphatic rings. The molecule has 0 aromatic heterocycles. The lowest BCUT2D eigenvalue weighted by molar-refractivity contribution is 0.276. The highest BCUT2D eigenvalue weighted by Gasteiger charge is 2.17. The Hall–Kier alpha value is -1.51. The number of nitrogens with zero attached hydrogens (tertiary/aromatic N) is 1. The van der Waals surface area contributed by atoms with Crippen molar-refractivity contribution in [2.24, 2.45) is 0 Å². The molecule has 1 aromatic rings. The summed E-state index contributed by atoms with van der Waals surface area (Å²) in [6, 6.07) is 4.76. The molecule has 0 fully saturated rings. The fourth-order valence-corrected chi connectivity index (χ4v) is 2.45. The summed E-state index contributed by atoms with van der Waals surface area (Å²) in [6.45, 7) is 0.166. The van der Waals surface area contributed by atoms with Crippen molar-refractivity contribution in [2.75, 3.05) is 39.1 Å². The summed E-state index contributed by atoms with van der Waals surface area (Å²) in [5.41, 5.74) is 0.344. The van der Waals surface area contributed by atoms with Crippen LogP contribution in [0.1, 0.15) is 6.42 Å². The first-order valence-corrected chi connectivity index (χ1v) is 7.45. The third-order valence-corrected chi connectivity index (χ3v) is 4.14. The number of anilines is 1. The van der Waals surface area contributed by atoms with Gasteiger partial charge in [0.1, 0.15) is 11.5 Å². The summed E-state index contributed by atoms with van der Waals surface area (Å²) in [6.07, 6.45) is 0.374. The molecule has 0 spiro atoms. The molecule has 2 N–H and O–H groups in total.